The maximum Gasteiger partial charge on any atom is 0.363 e. The summed E-state index contributed by atoms with van der Waals surface area (Å²) in [6.45, 7) is 2.16. The highest BCUT2D eigenvalue weighted by Gasteiger charge is 2.26. The fourth-order valence-electron chi connectivity index (χ4n) is 3.44. The Labute approximate surface area is 202 Å². The van der Waals surface area contributed by atoms with Crippen LogP contribution in [0.5, 0.6) is 23.0 Å². The van der Waals surface area contributed by atoms with Crippen molar-refractivity contribution in [2.45, 2.75) is 6.92 Å². The summed E-state index contributed by atoms with van der Waals surface area (Å²) in [5, 5.41) is 0. The number of nitrogens with zero attached hydrogens (tertiary/aromatic N) is 1. The van der Waals surface area contributed by atoms with Crippen LogP contribution in [-0.2, 0) is 9.53 Å². The van der Waals surface area contributed by atoms with Crippen molar-refractivity contribution in [1.29, 1.82) is 0 Å². The Morgan fingerprint density at radius 2 is 1.63 bits per heavy atom. The fourth-order valence-corrected chi connectivity index (χ4v) is 3.44. The van der Waals surface area contributed by atoms with E-state index in [1.807, 2.05) is 13.0 Å². The zero-order chi connectivity index (χ0) is 24.8. The number of para-hydroxylation sites is 2. The maximum absolute atomic E-state index is 12.7. The van der Waals surface area contributed by atoms with Crippen molar-refractivity contribution >= 4 is 23.9 Å². The topological polar surface area (TPSA) is 92.6 Å². The summed E-state index contributed by atoms with van der Waals surface area (Å²) in [7, 11) is 3.01. The molecule has 0 N–H and O–H groups in total. The second kappa shape index (κ2) is 10.6. The van der Waals surface area contributed by atoms with Crippen LogP contribution < -0.4 is 18.9 Å². The Bertz CT molecular complexity index is 1330. The smallest absolute Gasteiger partial charge is 0.363 e. The SMILES string of the molecule is CCOc1cc(/C=C2/N=C(c3ccccc3OC)OC2=O)ccc1OC(=O)c1ccccc1OC. The van der Waals surface area contributed by atoms with Crippen LogP contribution in [-0.4, -0.2) is 38.7 Å². The molecule has 4 rings (SSSR count). The Kier molecular flexibility index (Phi) is 7.11. The standard InChI is InChI=1S/C27H23NO7/c1-4-33-24-16-17(13-14-23(24)34-26(29)19-10-6-8-12-22(19)32-3)15-20-27(30)35-25(28-20)18-9-5-7-11-21(18)31-2/h5-16H,4H2,1-3H3/b20-15+. The van der Waals surface area contributed by atoms with E-state index in [1.165, 1.54) is 14.2 Å². The Hall–Kier alpha value is -4.59. The zero-order valence-electron chi connectivity index (χ0n) is 19.4. The van der Waals surface area contributed by atoms with Gasteiger partial charge in [-0.1, -0.05) is 30.3 Å². The monoisotopic (exact) mass is 473 g/mol. The van der Waals surface area contributed by atoms with Crippen molar-refractivity contribution in [3.63, 3.8) is 0 Å². The van der Waals surface area contributed by atoms with Crippen LogP contribution in [0, 0.1) is 0 Å². The van der Waals surface area contributed by atoms with Crippen molar-refractivity contribution in [3.05, 3.63) is 89.1 Å². The van der Waals surface area contributed by atoms with Crippen LogP contribution in [0.4, 0.5) is 0 Å². The number of hydrogen-bond donors (Lipinski definition) is 0. The molecule has 8 heteroatoms. The van der Waals surface area contributed by atoms with Crippen molar-refractivity contribution < 1.29 is 33.3 Å². The number of carbonyl (C=O) groups excluding carboxylic acids is 2. The number of rotatable bonds is 8. The van der Waals surface area contributed by atoms with Crippen LogP contribution in [0.2, 0.25) is 0 Å². The average molecular weight is 473 g/mol. The van der Waals surface area contributed by atoms with Gasteiger partial charge >= 0.3 is 11.9 Å². The van der Waals surface area contributed by atoms with E-state index in [1.54, 1.807) is 66.7 Å². The van der Waals surface area contributed by atoms with E-state index in [0.717, 1.165) is 0 Å². The van der Waals surface area contributed by atoms with Crippen LogP contribution >= 0.6 is 0 Å². The predicted molar refractivity (Wildman–Crippen MR) is 129 cm³/mol. The number of aliphatic imine (C=N–C) groups is 1. The first-order chi connectivity index (χ1) is 17.0. The molecule has 0 unspecified atom stereocenters. The van der Waals surface area contributed by atoms with E-state index < -0.39 is 11.9 Å². The number of carbonyl (C=O) groups is 2. The van der Waals surface area contributed by atoms with Gasteiger partial charge in [-0.15, -0.1) is 0 Å². The number of cyclic esters (lactones) is 1. The van der Waals surface area contributed by atoms with Crippen LogP contribution in [0.15, 0.2) is 77.4 Å². The molecule has 1 aliphatic heterocycles. The molecule has 0 radical (unpaired) electrons. The predicted octanol–water partition coefficient (Wildman–Crippen LogP) is 4.67. The van der Waals surface area contributed by atoms with Gasteiger partial charge in [0.1, 0.15) is 17.1 Å². The molecule has 1 heterocycles. The second-order valence-electron chi connectivity index (χ2n) is 7.27. The molecule has 0 bridgehead atoms. The first-order valence-electron chi connectivity index (χ1n) is 10.8. The molecular formula is C27H23NO7. The molecule has 0 aromatic heterocycles. The van der Waals surface area contributed by atoms with Gasteiger partial charge in [0.05, 0.1) is 26.4 Å². The Balaban J connectivity index is 1.62. The number of benzene rings is 3. The molecule has 178 valence electrons. The van der Waals surface area contributed by atoms with Gasteiger partial charge in [-0.2, -0.15) is 0 Å². The van der Waals surface area contributed by atoms with E-state index in [2.05, 4.69) is 4.99 Å². The summed E-state index contributed by atoms with van der Waals surface area (Å²) in [4.78, 5) is 29.5. The third-order valence-electron chi connectivity index (χ3n) is 5.06. The molecule has 8 nitrogen and oxygen atoms in total. The summed E-state index contributed by atoms with van der Waals surface area (Å²) >= 11 is 0. The lowest BCUT2D eigenvalue weighted by atomic mass is 10.1. The number of ether oxygens (including phenoxy) is 5. The first-order valence-corrected chi connectivity index (χ1v) is 10.8. The van der Waals surface area contributed by atoms with Crippen molar-refractivity contribution in [2.24, 2.45) is 4.99 Å². The van der Waals surface area contributed by atoms with E-state index in [9.17, 15) is 9.59 Å². The minimum absolute atomic E-state index is 0.118. The summed E-state index contributed by atoms with van der Waals surface area (Å²) in [5.74, 6) is 0.504. The zero-order valence-corrected chi connectivity index (χ0v) is 19.4. The highest BCUT2D eigenvalue weighted by atomic mass is 16.6. The Morgan fingerprint density at radius 1 is 0.914 bits per heavy atom. The molecule has 3 aromatic carbocycles. The van der Waals surface area contributed by atoms with Crippen molar-refractivity contribution in [3.8, 4) is 23.0 Å². The van der Waals surface area contributed by atoms with Crippen LogP contribution in [0.1, 0.15) is 28.4 Å². The molecule has 0 aliphatic carbocycles. The van der Waals surface area contributed by atoms with Gasteiger partial charge in [0.2, 0.25) is 5.90 Å². The largest absolute Gasteiger partial charge is 0.496 e. The lowest BCUT2D eigenvalue weighted by Crippen LogP contribution is -2.11. The minimum Gasteiger partial charge on any atom is -0.496 e. The van der Waals surface area contributed by atoms with Crippen molar-refractivity contribution in [2.75, 3.05) is 20.8 Å². The number of esters is 2. The molecule has 0 saturated heterocycles. The minimum atomic E-state index is -0.587. The fraction of sp³-hybridized carbons (Fsp3) is 0.148. The third kappa shape index (κ3) is 5.16. The van der Waals surface area contributed by atoms with Crippen molar-refractivity contribution in [1.82, 2.24) is 0 Å². The highest BCUT2D eigenvalue weighted by Crippen LogP contribution is 2.32. The molecule has 1 aliphatic rings. The molecule has 0 amide bonds. The molecule has 0 fully saturated rings. The molecule has 0 spiro atoms. The molecule has 35 heavy (non-hydrogen) atoms. The van der Waals surface area contributed by atoms with Crippen LogP contribution in [0.25, 0.3) is 6.08 Å². The Morgan fingerprint density at radius 3 is 2.37 bits per heavy atom. The number of hydrogen-bond acceptors (Lipinski definition) is 8. The normalized spacial score (nSPS) is 13.7. The van der Waals surface area contributed by atoms with E-state index in [-0.39, 0.29) is 22.9 Å². The summed E-state index contributed by atoms with van der Waals surface area (Å²) in [6.07, 6.45) is 1.57. The quantitative estimate of drug-likeness (QED) is 0.267. The lowest BCUT2D eigenvalue weighted by molar-refractivity contribution is -0.129. The summed E-state index contributed by atoms with van der Waals surface area (Å²) < 4.78 is 27.2. The molecule has 0 atom stereocenters. The van der Waals surface area contributed by atoms with E-state index >= 15 is 0 Å². The summed E-state index contributed by atoms with van der Waals surface area (Å²) in [6, 6.07) is 18.8. The average Bonchev–Trinajstić information content (AvgIpc) is 3.25. The van der Waals surface area contributed by atoms with Gasteiger partial charge in [0.25, 0.3) is 0 Å². The summed E-state index contributed by atoms with van der Waals surface area (Å²) in [5.41, 5.74) is 1.59. The van der Waals surface area contributed by atoms with Gasteiger partial charge in [-0.05, 0) is 55.0 Å². The van der Waals surface area contributed by atoms with Gasteiger partial charge in [-0.3, -0.25) is 0 Å². The van der Waals surface area contributed by atoms with Gasteiger partial charge < -0.3 is 23.7 Å². The molecular weight excluding hydrogens is 450 g/mol. The van der Waals surface area contributed by atoms with Crippen LogP contribution in [0.3, 0.4) is 0 Å². The first kappa shape index (κ1) is 23.6. The molecule has 3 aromatic rings. The highest BCUT2D eigenvalue weighted by molar-refractivity contribution is 6.13. The van der Waals surface area contributed by atoms with Gasteiger partial charge in [-0.25, -0.2) is 14.6 Å². The van der Waals surface area contributed by atoms with Gasteiger partial charge in [0.15, 0.2) is 17.2 Å². The van der Waals surface area contributed by atoms with E-state index in [0.29, 0.717) is 35.0 Å². The second-order valence-corrected chi connectivity index (χ2v) is 7.27. The maximum atomic E-state index is 12.7. The molecule has 0 saturated carbocycles. The van der Waals surface area contributed by atoms with Gasteiger partial charge in [0, 0.05) is 0 Å². The van der Waals surface area contributed by atoms with E-state index in [4.69, 9.17) is 23.7 Å². The third-order valence-corrected chi connectivity index (χ3v) is 5.06. The lowest BCUT2D eigenvalue weighted by Gasteiger charge is -2.12. The number of methoxy groups -OCH3 is 2.